The molecule has 150 valence electrons. The summed E-state index contributed by atoms with van der Waals surface area (Å²) in [4.78, 5) is 12.8. The topological polar surface area (TPSA) is 64.4 Å². The van der Waals surface area contributed by atoms with Gasteiger partial charge in [0.2, 0.25) is 0 Å². The zero-order valence-corrected chi connectivity index (χ0v) is 17.2. The molecule has 0 aliphatic heterocycles. The van der Waals surface area contributed by atoms with Gasteiger partial charge in [-0.15, -0.1) is 0 Å². The van der Waals surface area contributed by atoms with Crippen LogP contribution in [0.25, 0.3) is 0 Å². The van der Waals surface area contributed by atoms with Crippen LogP contribution in [0.1, 0.15) is 51.8 Å². The third-order valence-corrected chi connectivity index (χ3v) is 5.54. The van der Waals surface area contributed by atoms with E-state index in [0.29, 0.717) is 28.9 Å². The Hall–Kier alpha value is -2.79. The second-order valence-corrected chi connectivity index (χ2v) is 7.89. The van der Waals surface area contributed by atoms with Gasteiger partial charge in [-0.2, -0.15) is 0 Å². The van der Waals surface area contributed by atoms with Gasteiger partial charge in [0.25, 0.3) is 5.91 Å². The molecule has 1 saturated carbocycles. The standard InChI is InChI=1S/C23H23ClN2O3/c1-14-21(15(2)29-26-14)13-28-20-11-7-18(8-12-20)23(27)25-22(16-3-4-16)17-5-9-19(24)10-6-17/h5-12,16,22H,3-4,13H2,1-2H3,(H,25,27)/t22-/m1/s1. The largest absolute Gasteiger partial charge is 0.489 e. The van der Waals surface area contributed by atoms with E-state index in [1.54, 1.807) is 12.1 Å². The second kappa shape index (κ2) is 8.29. The molecule has 1 aromatic heterocycles. The van der Waals surface area contributed by atoms with E-state index in [1.807, 2.05) is 50.2 Å². The van der Waals surface area contributed by atoms with Crippen LogP contribution in [0.5, 0.6) is 5.75 Å². The number of carbonyl (C=O) groups is 1. The van der Waals surface area contributed by atoms with Crippen LogP contribution in [0.2, 0.25) is 5.02 Å². The first kappa shape index (κ1) is 19.5. The van der Waals surface area contributed by atoms with E-state index in [2.05, 4.69) is 10.5 Å². The molecule has 0 bridgehead atoms. The van der Waals surface area contributed by atoms with Crippen LogP contribution in [0.4, 0.5) is 0 Å². The number of hydrogen-bond donors (Lipinski definition) is 1. The van der Waals surface area contributed by atoms with Gasteiger partial charge in [-0.05, 0) is 74.6 Å². The summed E-state index contributed by atoms with van der Waals surface area (Å²) < 4.78 is 11.0. The van der Waals surface area contributed by atoms with E-state index >= 15 is 0 Å². The molecule has 0 saturated heterocycles. The summed E-state index contributed by atoms with van der Waals surface area (Å²) in [6.45, 7) is 4.13. The Balaban J connectivity index is 1.40. The van der Waals surface area contributed by atoms with Crippen LogP contribution in [0.3, 0.4) is 0 Å². The Morgan fingerprint density at radius 1 is 1.17 bits per heavy atom. The molecule has 1 N–H and O–H groups in total. The van der Waals surface area contributed by atoms with Crippen LogP contribution < -0.4 is 10.1 Å². The minimum atomic E-state index is -0.0888. The average Bonchev–Trinajstić information content (AvgIpc) is 3.52. The summed E-state index contributed by atoms with van der Waals surface area (Å²) in [7, 11) is 0. The second-order valence-electron chi connectivity index (χ2n) is 7.46. The summed E-state index contributed by atoms with van der Waals surface area (Å²) in [5.74, 6) is 1.84. The van der Waals surface area contributed by atoms with Gasteiger partial charge in [0.15, 0.2) is 0 Å². The van der Waals surface area contributed by atoms with Crippen molar-refractivity contribution in [2.45, 2.75) is 39.3 Å². The molecule has 1 aliphatic rings. The van der Waals surface area contributed by atoms with Crippen LogP contribution >= 0.6 is 11.6 Å². The van der Waals surface area contributed by atoms with Crippen molar-refractivity contribution in [2.75, 3.05) is 0 Å². The van der Waals surface area contributed by atoms with Gasteiger partial charge >= 0.3 is 0 Å². The fourth-order valence-electron chi connectivity index (χ4n) is 3.36. The Kier molecular flexibility index (Phi) is 5.58. The summed E-state index contributed by atoms with van der Waals surface area (Å²) in [5.41, 5.74) is 3.47. The normalized spacial score (nSPS) is 14.4. The number of halogens is 1. The first-order chi connectivity index (χ1) is 14.0. The number of nitrogens with one attached hydrogen (secondary N) is 1. The van der Waals surface area contributed by atoms with Crippen LogP contribution in [0, 0.1) is 19.8 Å². The fourth-order valence-corrected chi connectivity index (χ4v) is 3.49. The molecule has 0 radical (unpaired) electrons. The van der Waals surface area contributed by atoms with Crippen molar-refractivity contribution < 1.29 is 14.1 Å². The lowest BCUT2D eigenvalue weighted by Gasteiger charge is -2.19. The summed E-state index contributed by atoms with van der Waals surface area (Å²) in [6, 6.07) is 14.9. The van der Waals surface area contributed by atoms with E-state index < -0.39 is 0 Å². The van der Waals surface area contributed by atoms with Crippen LogP contribution in [0.15, 0.2) is 53.1 Å². The minimum Gasteiger partial charge on any atom is -0.489 e. The molecule has 1 fully saturated rings. The van der Waals surface area contributed by atoms with Crippen LogP contribution in [-0.4, -0.2) is 11.1 Å². The summed E-state index contributed by atoms with van der Waals surface area (Å²) >= 11 is 6.00. The summed E-state index contributed by atoms with van der Waals surface area (Å²) in [5, 5.41) is 7.80. The third kappa shape index (κ3) is 4.62. The van der Waals surface area contributed by atoms with E-state index in [9.17, 15) is 4.79 Å². The van der Waals surface area contributed by atoms with E-state index in [-0.39, 0.29) is 11.9 Å². The van der Waals surface area contributed by atoms with E-state index in [4.69, 9.17) is 20.9 Å². The number of nitrogens with zero attached hydrogens (tertiary/aromatic N) is 1. The van der Waals surface area contributed by atoms with Gasteiger partial charge in [-0.3, -0.25) is 4.79 Å². The molecule has 3 aromatic rings. The molecule has 1 atom stereocenters. The maximum absolute atomic E-state index is 12.8. The molecule has 1 amide bonds. The number of rotatable bonds is 7. The van der Waals surface area contributed by atoms with Crippen molar-refractivity contribution in [2.24, 2.45) is 5.92 Å². The molecule has 6 heteroatoms. The predicted octanol–water partition coefficient (Wildman–Crippen LogP) is 5.40. The number of aryl methyl sites for hydroxylation is 2. The molecule has 5 nitrogen and oxygen atoms in total. The van der Waals surface area contributed by atoms with Crippen molar-refractivity contribution in [3.63, 3.8) is 0 Å². The Morgan fingerprint density at radius 3 is 2.45 bits per heavy atom. The number of carbonyl (C=O) groups excluding carboxylic acids is 1. The Labute approximate surface area is 175 Å². The van der Waals surface area contributed by atoms with E-state index in [1.165, 1.54) is 0 Å². The highest BCUT2D eigenvalue weighted by Crippen LogP contribution is 2.41. The van der Waals surface area contributed by atoms with Crippen LogP contribution in [-0.2, 0) is 6.61 Å². The fraction of sp³-hybridized carbons (Fsp3) is 0.304. The van der Waals surface area contributed by atoms with Gasteiger partial charge in [-0.1, -0.05) is 28.9 Å². The first-order valence-electron chi connectivity index (χ1n) is 9.72. The molecule has 1 heterocycles. The lowest BCUT2D eigenvalue weighted by Crippen LogP contribution is -2.29. The molecule has 29 heavy (non-hydrogen) atoms. The molecule has 1 aliphatic carbocycles. The molecule has 4 rings (SSSR count). The quantitative estimate of drug-likeness (QED) is 0.566. The number of amides is 1. The molecule has 0 unspecified atom stereocenters. The van der Waals surface area contributed by atoms with Gasteiger partial charge in [-0.25, -0.2) is 0 Å². The highest BCUT2D eigenvalue weighted by molar-refractivity contribution is 6.30. The number of ether oxygens (including phenoxy) is 1. The van der Waals surface area contributed by atoms with Crippen molar-refractivity contribution >= 4 is 17.5 Å². The lowest BCUT2D eigenvalue weighted by molar-refractivity contribution is 0.0931. The predicted molar refractivity (Wildman–Crippen MR) is 111 cm³/mol. The van der Waals surface area contributed by atoms with E-state index in [0.717, 1.165) is 35.4 Å². The average molecular weight is 411 g/mol. The smallest absolute Gasteiger partial charge is 0.251 e. The molecular formula is C23H23ClN2O3. The Bertz CT molecular complexity index is 972. The van der Waals surface area contributed by atoms with Gasteiger partial charge in [0.1, 0.15) is 18.1 Å². The van der Waals surface area contributed by atoms with Gasteiger partial charge in [0, 0.05) is 10.6 Å². The minimum absolute atomic E-state index is 0.00948. The van der Waals surface area contributed by atoms with Gasteiger partial charge < -0.3 is 14.6 Å². The zero-order chi connectivity index (χ0) is 20.4. The maximum Gasteiger partial charge on any atom is 0.251 e. The number of benzene rings is 2. The third-order valence-electron chi connectivity index (χ3n) is 5.29. The first-order valence-corrected chi connectivity index (χ1v) is 10.1. The van der Waals surface area contributed by atoms with Crippen molar-refractivity contribution in [3.05, 3.63) is 81.7 Å². The van der Waals surface area contributed by atoms with Crippen molar-refractivity contribution in [1.29, 1.82) is 0 Å². The SMILES string of the molecule is Cc1noc(C)c1COc1ccc(C(=O)N[C@@H](c2ccc(Cl)cc2)C2CC2)cc1. The van der Waals surface area contributed by atoms with Crippen molar-refractivity contribution in [1.82, 2.24) is 10.5 Å². The highest BCUT2D eigenvalue weighted by atomic mass is 35.5. The Morgan fingerprint density at radius 2 is 1.86 bits per heavy atom. The number of hydrogen-bond acceptors (Lipinski definition) is 4. The highest BCUT2D eigenvalue weighted by Gasteiger charge is 2.33. The lowest BCUT2D eigenvalue weighted by atomic mass is 10.0. The molecular weight excluding hydrogens is 388 g/mol. The monoisotopic (exact) mass is 410 g/mol. The van der Waals surface area contributed by atoms with Gasteiger partial charge in [0.05, 0.1) is 17.3 Å². The maximum atomic E-state index is 12.8. The molecule has 0 spiro atoms. The summed E-state index contributed by atoms with van der Waals surface area (Å²) in [6.07, 6.45) is 2.25. The molecule has 2 aromatic carbocycles. The number of aromatic nitrogens is 1. The zero-order valence-electron chi connectivity index (χ0n) is 16.4. The van der Waals surface area contributed by atoms with Crippen molar-refractivity contribution in [3.8, 4) is 5.75 Å².